The molecule has 2 rings (SSSR count). The second kappa shape index (κ2) is 7.46. The Labute approximate surface area is 112 Å². The Hall–Kier alpha value is -0.120. The van der Waals surface area contributed by atoms with Crippen molar-refractivity contribution in [3.05, 3.63) is 0 Å². The Morgan fingerprint density at radius 3 is 2.94 bits per heavy atom. The van der Waals surface area contributed by atoms with Gasteiger partial charge in [0.1, 0.15) is 0 Å². The summed E-state index contributed by atoms with van der Waals surface area (Å²) in [7, 11) is 0. The van der Waals surface area contributed by atoms with Crippen LogP contribution in [0.3, 0.4) is 0 Å². The van der Waals surface area contributed by atoms with Gasteiger partial charge >= 0.3 is 0 Å². The van der Waals surface area contributed by atoms with Gasteiger partial charge in [-0.3, -0.25) is 0 Å². The number of piperidine rings is 1. The minimum absolute atomic E-state index is 0.734. The van der Waals surface area contributed by atoms with Crippen molar-refractivity contribution in [2.75, 3.05) is 32.8 Å². The lowest BCUT2D eigenvalue weighted by molar-refractivity contribution is 0.115. The second-order valence-electron chi connectivity index (χ2n) is 6.30. The molecule has 3 heteroatoms. The molecule has 0 radical (unpaired) electrons. The van der Waals surface area contributed by atoms with E-state index >= 15 is 0 Å². The Bertz CT molecular complexity index is 233. The molecule has 0 saturated carbocycles. The summed E-state index contributed by atoms with van der Waals surface area (Å²) in [5.74, 6) is 0.754. The molecule has 2 aliphatic rings. The van der Waals surface area contributed by atoms with Crippen molar-refractivity contribution in [1.82, 2.24) is 10.2 Å². The molecule has 0 amide bonds. The van der Waals surface area contributed by atoms with E-state index in [-0.39, 0.29) is 0 Å². The maximum Gasteiger partial charge on any atom is 0.0591 e. The van der Waals surface area contributed by atoms with Crippen LogP contribution in [-0.4, -0.2) is 49.8 Å². The highest BCUT2D eigenvalue weighted by Crippen LogP contribution is 2.26. The van der Waals surface area contributed by atoms with Gasteiger partial charge in [-0.15, -0.1) is 0 Å². The second-order valence-corrected chi connectivity index (χ2v) is 6.30. The first-order valence-electron chi connectivity index (χ1n) is 7.81. The van der Waals surface area contributed by atoms with Crippen molar-refractivity contribution in [2.45, 2.75) is 58.0 Å². The van der Waals surface area contributed by atoms with Crippen LogP contribution >= 0.6 is 0 Å². The van der Waals surface area contributed by atoms with Gasteiger partial charge in [0, 0.05) is 25.2 Å². The number of ether oxygens (including phenoxy) is 1. The first-order valence-corrected chi connectivity index (χ1v) is 7.81. The van der Waals surface area contributed by atoms with Gasteiger partial charge < -0.3 is 15.0 Å². The molecular formula is C15H30N2O. The Morgan fingerprint density at radius 1 is 1.22 bits per heavy atom. The van der Waals surface area contributed by atoms with Crippen molar-refractivity contribution >= 4 is 0 Å². The average Bonchev–Trinajstić information content (AvgIpc) is 2.80. The summed E-state index contributed by atoms with van der Waals surface area (Å²) >= 11 is 0. The molecule has 2 heterocycles. The predicted octanol–water partition coefficient (Wildman–Crippen LogP) is 2.27. The third kappa shape index (κ3) is 4.52. The largest absolute Gasteiger partial charge is 0.380 e. The lowest BCUT2D eigenvalue weighted by Gasteiger charge is -2.35. The summed E-state index contributed by atoms with van der Waals surface area (Å²) in [6, 6.07) is 1.61. The smallest absolute Gasteiger partial charge is 0.0591 e. The SMILES string of the molecule is CC(C)CCOCCN[C@@H]1CCN2CCC[C@@H]2C1. The molecule has 0 aliphatic carbocycles. The predicted molar refractivity (Wildman–Crippen MR) is 75.9 cm³/mol. The van der Waals surface area contributed by atoms with Crippen LogP contribution in [0.4, 0.5) is 0 Å². The van der Waals surface area contributed by atoms with E-state index in [2.05, 4.69) is 24.1 Å². The fraction of sp³-hybridized carbons (Fsp3) is 1.00. The van der Waals surface area contributed by atoms with E-state index in [0.29, 0.717) is 0 Å². The van der Waals surface area contributed by atoms with Gasteiger partial charge in [0.15, 0.2) is 0 Å². The number of nitrogens with one attached hydrogen (secondary N) is 1. The summed E-state index contributed by atoms with van der Waals surface area (Å²) in [6.07, 6.45) is 6.69. The zero-order valence-corrected chi connectivity index (χ0v) is 12.2. The zero-order chi connectivity index (χ0) is 12.8. The van der Waals surface area contributed by atoms with Gasteiger partial charge in [0.2, 0.25) is 0 Å². The van der Waals surface area contributed by atoms with Crippen molar-refractivity contribution in [3.8, 4) is 0 Å². The van der Waals surface area contributed by atoms with E-state index in [4.69, 9.17) is 4.74 Å². The fourth-order valence-electron chi connectivity index (χ4n) is 3.17. The lowest BCUT2D eigenvalue weighted by Crippen LogP contribution is -2.46. The fourth-order valence-corrected chi connectivity index (χ4v) is 3.17. The number of hydrogen-bond acceptors (Lipinski definition) is 3. The summed E-state index contributed by atoms with van der Waals surface area (Å²) in [6.45, 7) is 9.95. The van der Waals surface area contributed by atoms with Gasteiger partial charge in [0.25, 0.3) is 0 Å². The van der Waals surface area contributed by atoms with Crippen LogP contribution in [0.5, 0.6) is 0 Å². The zero-order valence-electron chi connectivity index (χ0n) is 12.2. The maximum absolute atomic E-state index is 5.65. The summed E-state index contributed by atoms with van der Waals surface area (Å²) < 4.78 is 5.65. The molecule has 0 bridgehead atoms. The quantitative estimate of drug-likeness (QED) is 0.705. The average molecular weight is 254 g/mol. The molecule has 1 N–H and O–H groups in total. The van der Waals surface area contributed by atoms with Crippen molar-refractivity contribution < 1.29 is 4.74 Å². The maximum atomic E-state index is 5.65. The Morgan fingerprint density at radius 2 is 2.11 bits per heavy atom. The van der Waals surface area contributed by atoms with Gasteiger partial charge in [-0.25, -0.2) is 0 Å². The normalized spacial score (nSPS) is 28.8. The highest BCUT2D eigenvalue weighted by molar-refractivity contribution is 4.89. The highest BCUT2D eigenvalue weighted by atomic mass is 16.5. The van der Waals surface area contributed by atoms with E-state index in [1.807, 2.05) is 0 Å². The van der Waals surface area contributed by atoms with Crippen LogP contribution in [-0.2, 0) is 4.74 Å². The Kier molecular flexibility index (Phi) is 5.93. The number of nitrogens with zero attached hydrogens (tertiary/aromatic N) is 1. The summed E-state index contributed by atoms with van der Waals surface area (Å²) in [5, 5.41) is 3.67. The van der Waals surface area contributed by atoms with Crippen LogP contribution in [0, 0.1) is 5.92 Å². The number of rotatable bonds is 7. The topological polar surface area (TPSA) is 24.5 Å². The summed E-state index contributed by atoms with van der Waals surface area (Å²) in [4.78, 5) is 2.68. The third-order valence-electron chi connectivity index (χ3n) is 4.34. The molecule has 0 spiro atoms. The monoisotopic (exact) mass is 254 g/mol. The molecule has 2 aliphatic heterocycles. The molecule has 0 aromatic carbocycles. The van der Waals surface area contributed by atoms with E-state index in [0.717, 1.165) is 37.8 Å². The standard InChI is InChI=1S/C15H30N2O/c1-13(2)6-10-18-11-7-16-14-5-9-17-8-3-4-15(17)12-14/h13-16H,3-12H2,1-2H3/t14-,15-/m1/s1. The molecule has 3 nitrogen and oxygen atoms in total. The molecule has 0 aromatic rings. The third-order valence-corrected chi connectivity index (χ3v) is 4.34. The molecule has 0 unspecified atom stereocenters. The minimum atomic E-state index is 0.734. The highest BCUT2D eigenvalue weighted by Gasteiger charge is 2.31. The van der Waals surface area contributed by atoms with Crippen molar-refractivity contribution in [3.63, 3.8) is 0 Å². The molecule has 106 valence electrons. The van der Waals surface area contributed by atoms with E-state index in [1.54, 1.807) is 0 Å². The summed E-state index contributed by atoms with van der Waals surface area (Å²) in [5.41, 5.74) is 0. The van der Waals surface area contributed by atoms with Crippen LogP contribution in [0.25, 0.3) is 0 Å². The van der Waals surface area contributed by atoms with Gasteiger partial charge in [-0.1, -0.05) is 13.8 Å². The number of fused-ring (bicyclic) bond motifs is 1. The molecule has 2 fully saturated rings. The van der Waals surface area contributed by atoms with Gasteiger partial charge in [0.05, 0.1) is 6.61 Å². The van der Waals surface area contributed by atoms with Crippen LogP contribution in [0.15, 0.2) is 0 Å². The molecule has 2 saturated heterocycles. The minimum Gasteiger partial charge on any atom is -0.380 e. The van der Waals surface area contributed by atoms with Crippen molar-refractivity contribution in [1.29, 1.82) is 0 Å². The molecule has 18 heavy (non-hydrogen) atoms. The first kappa shape index (κ1) is 14.3. The molecule has 2 atom stereocenters. The van der Waals surface area contributed by atoms with Gasteiger partial charge in [-0.05, 0) is 51.1 Å². The van der Waals surface area contributed by atoms with E-state index < -0.39 is 0 Å². The Balaban J connectivity index is 1.49. The van der Waals surface area contributed by atoms with E-state index in [1.165, 1.54) is 45.2 Å². The lowest BCUT2D eigenvalue weighted by atomic mass is 9.98. The van der Waals surface area contributed by atoms with Crippen molar-refractivity contribution in [2.24, 2.45) is 5.92 Å². The van der Waals surface area contributed by atoms with Crippen LogP contribution in [0.1, 0.15) is 46.0 Å². The molecular weight excluding hydrogens is 224 g/mol. The van der Waals surface area contributed by atoms with Gasteiger partial charge in [-0.2, -0.15) is 0 Å². The number of hydrogen-bond donors (Lipinski definition) is 1. The van der Waals surface area contributed by atoms with Crippen LogP contribution in [0.2, 0.25) is 0 Å². The van der Waals surface area contributed by atoms with Crippen LogP contribution < -0.4 is 5.32 Å². The van der Waals surface area contributed by atoms with E-state index in [9.17, 15) is 0 Å². The first-order chi connectivity index (χ1) is 8.75. The molecule has 0 aromatic heterocycles.